The molecule has 2 aliphatic rings. The van der Waals surface area contributed by atoms with Gasteiger partial charge in [0, 0.05) is 6.42 Å². The topological polar surface area (TPSA) is 52.3 Å². The van der Waals surface area contributed by atoms with Crippen LogP contribution in [0.1, 0.15) is 19.8 Å². The molecule has 2 rings (SSSR count). The Bertz CT molecular complexity index is 261. The minimum absolute atomic E-state index is 0.110. The fraction of sp³-hybridized carbons (Fsp3) is 0.667. The molecule has 3 atom stereocenters. The Morgan fingerprint density at radius 1 is 1.75 bits per heavy atom. The van der Waals surface area contributed by atoms with Crippen molar-refractivity contribution in [2.24, 2.45) is 11.1 Å². The number of carbonyl (C=O) groups excluding carboxylic acids is 1. The van der Waals surface area contributed by atoms with Gasteiger partial charge in [0.15, 0.2) is 0 Å². The zero-order valence-corrected chi connectivity index (χ0v) is 7.17. The summed E-state index contributed by atoms with van der Waals surface area (Å²) in [5, 5.41) is 0. The number of nitrogens with two attached hydrogens (primary N) is 1. The van der Waals surface area contributed by atoms with E-state index in [1.54, 1.807) is 0 Å². The van der Waals surface area contributed by atoms with Crippen LogP contribution in [-0.4, -0.2) is 18.1 Å². The molecule has 1 aliphatic heterocycles. The van der Waals surface area contributed by atoms with Crippen molar-refractivity contribution < 1.29 is 9.53 Å². The van der Waals surface area contributed by atoms with Crippen molar-refractivity contribution in [3.63, 3.8) is 0 Å². The molecule has 2 bridgehead atoms. The van der Waals surface area contributed by atoms with Gasteiger partial charge in [0.25, 0.3) is 0 Å². The number of fused-ring (bicyclic) bond motifs is 2. The molecule has 1 saturated heterocycles. The van der Waals surface area contributed by atoms with E-state index in [1.165, 1.54) is 0 Å². The van der Waals surface area contributed by atoms with E-state index in [0.29, 0.717) is 6.42 Å². The predicted octanol–water partition coefficient (Wildman–Crippen LogP) is 0.595. The maximum Gasteiger partial charge on any atom is 0.312 e. The lowest BCUT2D eigenvalue weighted by Crippen LogP contribution is -2.40. The molecule has 0 aromatic heterocycles. The lowest BCUT2D eigenvalue weighted by Gasteiger charge is -2.29. The van der Waals surface area contributed by atoms with Crippen molar-refractivity contribution in [2.45, 2.75) is 31.9 Å². The van der Waals surface area contributed by atoms with E-state index >= 15 is 0 Å². The minimum atomic E-state index is -0.336. The van der Waals surface area contributed by atoms with Crippen LogP contribution in [0.5, 0.6) is 0 Å². The van der Waals surface area contributed by atoms with E-state index < -0.39 is 0 Å². The maximum absolute atomic E-state index is 11.3. The number of esters is 1. The summed E-state index contributed by atoms with van der Waals surface area (Å²) in [7, 11) is 0. The molecule has 1 aliphatic carbocycles. The van der Waals surface area contributed by atoms with Gasteiger partial charge in [-0.05, 0) is 13.3 Å². The molecule has 2 fully saturated rings. The quantitative estimate of drug-likeness (QED) is 0.424. The first-order valence-electron chi connectivity index (χ1n) is 4.17. The SMILES string of the molecule is C=C1CC2(C)CC(OC2=O)C1N. The Morgan fingerprint density at radius 2 is 2.42 bits per heavy atom. The first-order chi connectivity index (χ1) is 5.53. The molecule has 2 N–H and O–H groups in total. The fourth-order valence-electron chi connectivity index (χ4n) is 2.08. The highest BCUT2D eigenvalue weighted by molar-refractivity contribution is 5.80. The maximum atomic E-state index is 11.3. The molecule has 0 amide bonds. The second kappa shape index (κ2) is 2.10. The molecule has 1 heterocycles. The highest BCUT2D eigenvalue weighted by Gasteiger charge is 2.52. The van der Waals surface area contributed by atoms with Crippen molar-refractivity contribution in [1.82, 2.24) is 0 Å². The molecule has 12 heavy (non-hydrogen) atoms. The van der Waals surface area contributed by atoms with Crippen LogP contribution < -0.4 is 5.73 Å². The van der Waals surface area contributed by atoms with Gasteiger partial charge in [-0.3, -0.25) is 4.79 Å². The summed E-state index contributed by atoms with van der Waals surface area (Å²) in [5.74, 6) is -0.110. The van der Waals surface area contributed by atoms with Crippen LogP contribution in [0, 0.1) is 5.41 Å². The summed E-state index contributed by atoms with van der Waals surface area (Å²) in [6.07, 6.45) is 1.32. The highest BCUT2D eigenvalue weighted by atomic mass is 16.6. The average Bonchev–Trinajstić information content (AvgIpc) is 2.22. The molecule has 0 aromatic rings. The molecule has 3 nitrogen and oxygen atoms in total. The van der Waals surface area contributed by atoms with Crippen LogP contribution in [-0.2, 0) is 9.53 Å². The predicted molar refractivity (Wildman–Crippen MR) is 44.3 cm³/mol. The van der Waals surface area contributed by atoms with Crippen LogP contribution in [0.4, 0.5) is 0 Å². The molecule has 0 radical (unpaired) electrons. The zero-order valence-electron chi connectivity index (χ0n) is 7.17. The van der Waals surface area contributed by atoms with E-state index in [1.807, 2.05) is 6.92 Å². The van der Waals surface area contributed by atoms with Crippen molar-refractivity contribution in [1.29, 1.82) is 0 Å². The summed E-state index contributed by atoms with van der Waals surface area (Å²) in [6.45, 7) is 5.78. The van der Waals surface area contributed by atoms with Crippen LogP contribution >= 0.6 is 0 Å². The number of hydrogen-bond donors (Lipinski definition) is 1. The third kappa shape index (κ3) is 0.829. The molecule has 0 aromatic carbocycles. The van der Waals surface area contributed by atoms with Gasteiger partial charge in [0.1, 0.15) is 6.10 Å². The van der Waals surface area contributed by atoms with Crippen LogP contribution in [0.15, 0.2) is 12.2 Å². The van der Waals surface area contributed by atoms with Gasteiger partial charge in [-0.15, -0.1) is 0 Å². The van der Waals surface area contributed by atoms with Gasteiger partial charge in [-0.25, -0.2) is 0 Å². The van der Waals surface area contributed by atoms with Crippen molar-refractivity contribution in [2.75, 3.05) is 0 Å². The van der Waals surface area contributed by atoms with Crippen molar-refractivity contribution in [3.05, 3.63) is 12.2 Å². The second-order valence-corrected chi connectivity index (χ2v) is 4.07. The van der Waals surface area contributed by atoms with E-state index in [0.717, 1.165) is 12.0 Å². The fourth-order valence-corrected chi connectivity index (χ4v) is 2.08. The molecule has 3 heteroatoms. The molecule has 3 unspecified atom stereocenters. The molecule has 0 spiro atoms. The molecular weight excluding hydrogens is 154 g/mol. The summed E-state index contributed by atoms with van der Waals surface area (Å²) in [6, 6.07) is -0.149. The third-order valence-corrected chi connectivity index (χ3v) is 2.89. The van der Waals surface area contributed by atoms with E-state index in [-0.39, 0.29) is 23.5 Å². The summed E-state index contributed by atoms with van der Waals surface area (Å²) in [5.41, 5.74) is 6.41. The van der Waals surface area contributed by atoms with Gasteiger partial charge in [0.2, 0.25) is 0 Å². The zero-order chi connectivity index (χ0) is 8.93. The molecular formula is C9H13NO2. The average molecular weight is 167 g/mol. The Kier molecular flexibility index (Phi) is 1.37. The third-order valence-electron chi connectivity index (χ3n) is 2.89. The second-order valence-electron chi connectivity index (χ2n) is 4.07. The van der Waals surface area contributed by atoms with Crippen LogP contribution in [0.2, 0.25) is 0 Å². The minimum Gasteiger partial charge on any atom is -0.460 e. The monoisotopic (exact) mass is 167 g/mol. The largest absolute Gasteiger partial charge is 0.460 e. The number of carbonyl (C=O) groups is 1. The van der Waals surface area contributed by atoms with Gasteiger partial charge < -0.3 is 10.5 Å². The Hall–Kier alpha value is -0.830. The van der Waals surface area contributed by atoms with E-state index in [4.69, 9.17) is 10.5 Å². The first-order valence-corrected chi connectivity index (χ1v) is 4.17. The Balaban J connectivity index is 2.34. The van der Waals surface area contributed by atoms with Crippen LogP contribution in [0.3, 0.4) is 0 Å². The lowest BCUT2D eigenvalue weighted by atomic mass is 9.73. The number of hydrogen-bond acceptors (Lipinski definition) is 3. The molecule has 1 saturated carbocycles. The van der Waals surface area contributed by atoms with Gasteiger partial charge in [0.05, 0.1) is 11.5 Å². The standard InChI is InChI=1S/C9H13NO2/c1-5-3-9(2)4-6(7(5)10)12-8(9)11/h6-7H,1,3-4,10H2,2H3. The lowest BCUT2D eigenvalue weighted by molar-refractivity contribution is -0.147. The molecule has 66 valence electrons. The van der Waals surface area contributed by atoms with Crippen molar-refractivity contribution in [3.8, 4) is 0 Å². The highest BCUT2D eigenvalue weighted by Crippen LogP contribution is 2.45. The van der Waals surface area contributed by atoms with E-state index in [9.17, 15) is 4.79 Å². The van der Waals surface area contributed by atoms with Gasteiger partial charge >= 0.3 is 5.97 Å². The summed E-state index contributed by atoms with van der Waals surface area (Å²) >= 11 is 0. The number of rotatable bonds is 0. The van der Waals surface area contributed by atoms with Gasteiger partial charge in [-0.2, -0.15) is 0 Å². The Morgan fingerprint density at radius 3 is 3.08 bits per heavy atom. The summed E-state index contributed by atoms with van der Waals surface area (Å²) in [4.78, 5) is 11.3. The van der Waals surface area contributed by atoms with Crippen LogP contribution in [0.25, 0.3) is 0 Å². The first kappa shape index (κ1) is 7.80. The summed E-state index contributed by atoms with van der Waals surface area (Å²) < 4.78 is 5.15. The van der Waals surface area contributed by atoms with E-state index in [2.05, 4.69) is 6.58 Å². The smallest absolute Gasteiger partial charge is 0.312 e. The van der Waals surface area contributed by atoms with Gasteiger partial charge in [-0.1, -0.05) is 12.2 Å². The number of ether oxygens (including phenoxy) is 1. The van der Waals surface area contributed by atoms with Crippen molar-refractivity contribution >= 4 is 5.97 Å². The normalized spacial score (nSPS) is 46.2. The Labute approximate surface area is 71.6 Å².